The van der Waals surface area contributed by atoms with Crippen molar-refractivity contribution < 1.29 is 4.74 Å². The van der Waals surface area contributed by atoms with Crippen LogP contribution in [-0.4, -0.2) is 27.7 Å². The molecule has 0 amide bonds. The Morgan fingerprint density at radius 1 is 1.19 bits per heavy atom. The summed E-state index contributed by atoms with van der Waals surface area (Å²) in [5.41, 5.74) is 3.26. The van der Waals surface area contributed by atoms with E-state index in [-0.39, 0.29) is 0 Å². The molecule has 3 heterocycles. The molecular weight excluding hydrogens is 262 g/mol. The summed E-state index contributed by atoms with van der Waals surface area (Å²) >= 11 is 0. The van der Waals surface area contributed by atoms with Crippen LogP contribution in [-0.2, 0) is 11.3 Å². The van der Waals surface area contributed by atoms with Gasteiger partial charge in [0.2, 0.25) is 0 Å². The fraction of sp³-hybridized carbons (Fsp3) is 0.412. The van der Waals surface area contributed by atoms with Crippen LogP contribution in [0.4, 0.5) is 0 Å². The van der Waals surface area contributed by atoms with Crippen LogP contribution in [0.5, 0.6) is 0 Å². The fourth-order valence-electron chi connectivity index (χ4n) is 3.29. The van der Waals surface area contributed by atoms with E-state index < -0.39 is 0 Å². The highest BCUT2D eigenvalue weighted by Crippen LogP contribution is 2.27. The summed E-state index contributed by atoms with van der Waals surface area (Å²) in [4.78, 5) is 9.21. The van der Waals surface area contributed by atoms with E-state index in [9.17, 15) is 0 Å². The molecule has 4 nitrogen and oxygen atoms in total. The van der Waals surface area contributed by atoms with E-state index in [1.165, 1.54) is 10.9 Å². The Balaban J connectivity index is 1.86. The van der Waals surface area contributed by atoms with Crippen molar-refractivity contribution in [2.24, 2.45) is 5.92 Å². The SMILES string of the molecule is Cc1nc2cnc3ccccc3c2n1CC1CCOCC1. The van der Waals surface area contributed by atoms with Crippen LogP contribution in [0, 0.1) is 12.8 Å². The Kier molecular flexibility index (Phi) is 3.11. The Labute approximate surface area is 123 Å². The van der Waals surface area contributed by atoms with E-state index in [4.69, 9.17) is 9.72 Å². The Morgan fingerprint density at radius 2 is 2.00 bits per heavy atom. The number of aromatic nitrogens is 3. The maximum atomic E-state index is 5.47. The van der Waals surface area contributed by atoms with Crippen molar-refractivity contribution in [3.63, 3.8) is 0 Å². The first-order chi connectivity index (χ1) is 10.3. The van der Waals surface area contributed by atoms with Crippen LogP contribution in [0.3, 0.4) is 0 Å². The second-order valence-electron chi connectivity index (χ2n) is 5.83. The Morgan fingerprint density at radius 3 is 2.86 bits per heavy atom. The molecule has 4 rings (SSSR count). The van der Waals surface area contributed by atoms with Gasteiger partial charge in [-0.1, -0.05) is 18.2 Å². The number of pyridine rings is 1. The molecule has 108 valence electrons. The molecule has 1 saturated heterocycles. The molecule has 1 fully saturated rings. The van der Waals surface area contributed by atoms with Crippen molar-refractivity contribution in [3.8, 4) is 0 Å². The zero-order valence-electron chi connectivity index (χ0n) is 12.2. The maximum Gasteiger partial charge on any atom is 0.108 e. The summed E-state index contributed by atoms with van der Waals surface area (Å²) in [7, 11) is 0. The Bertz CT molecular complexity index is 787. The van der Waals surface area contributed by atoms with Gasteiger partial charge < -0.3 is 9.30 Å². The van der Waals surface area contributed by atoms with Crippen LogP contribution in [0.1, 0.15) is 18.7 Å². The van der Waals surface area contributed by atoms with E-state index in [0.29, 0.717) is 5.92 Å². The van der Waals surface area contributed by atoms with E-state index in [0.717, 1.165) is 49.5 Å². The number of hydrogen-bond acceptors (Lipinski definition) is 3. The zero-order chi connectivity index (χ0) is 14.2. The highest BCUT2D eigenvalue weighted by Gasteiger charge is 2.18. The molecule has 0 aliphatic carbocycles. The van der Waals surface area contributed by atoms with Gasteiger partial charge in [-0.15, -0.1) is 0 Å². The molecule has 21 heavy (non-hydrogen) atoms. The van der Waals surface area contributed by atoms with E-state index in [2.05, 4.69) is 34.7 Å². The molecule has 1 aliphatic rings. The number of imidazole rings is 1. The number of para-hydroxylation sites is 1. The summed E-state index contributed by atoms with van der Waals surface area (Å²) in [6, 6.07) is 8.32. The summed E-state index contributed by atoms with van der Waals surface area (Å²) in [6.07, 6.45) is 4.18. The molecule has 0 bridgehead atoms. The van der Waals surface area contributed by atoms with Gasteiger partial charge in [-0.2, -0.15) is 0 Å². The van der Waals surface area contributed by atoms with Crippen LogP contribution in [0.25, 0.3) is 21.9 Å². The first kappa shape index (κ1) is 12.8. The predicted molar refractivity (Wildman–Crippen MR) is 83.3 cm³/mol. The molecule has 0 N–H and O–H groups in total. The van der Waals surface area contributed by atoms with Gasteiger partial charge in [0.25, 0.3) is 0 Å². The lowest BCUT2D eigenvalue weighted by Gasteiger charge is -2.23. The molecule has 0 atom stereocenters. The molecule has 0 saturated carbocycles. The van der Waals surface area contributed by atoms with Crippen LogP contribution in [0.2, 0.25) is 0 Å². The summed E-state index contributed by atoms with van der Waals surface area (Å²) in [5, 5.41) is 1.20. The van der Waals surface area contributed by atoms with Gasteiger partial charge in [0, 0.05) is 25.1 Å². The minimum atomic E-state index is 0.682. The van der Waals surface area contributed by atoms with Gasteiger partial charge in [-0.3, -0.25) is 4.98 Å². The molecule has 0 spiro atoms. The molecule has 3 aromatic rings. The minimum Gasteiger partial charge on any atom is -0.381 e. The number of hydrogen-bond donors (Lipinski definition) is 0. The van der Waals surface area contributed by atoms with Crippen molar-refractivity contribution in [2.75, 3.05) is 13.2 Å². The number of fused-ring (bicyclic) bond motifs is 3. The molecule has 4 heteroatoms. The van der Waals surface area contributed by atoms with Crippen LogP contribution in [0.15, 0.2) is 30.5 Å². The smallest absolute Gasteiger partial charge is 0.108 e. The largest absolute Gasteiger partial charge is 0.381 e. The lowest BCUT2D eigenvalue weighted by Crippen LogP contribution is -2.20. The fourth-order valence-corrected chi connectivity index (χ4v) is 3.29. The molecule has 2 aromatic heterocycles. The first-order valence-corrected chi connectivity index (χ1v) is 7.61. The molecule has 0 unspecified atom stereocenters. The molecular formula is C17H19N3O. The van der Waals surface area contributed by atoms with Crippen molar-refractivity contribution in [1.82, 2.24) is 14.5 Å². The van der Waals surface area contributed by atoms with Crippen molar-refractivity contribution >= 4 is 21.9 Å². The number of ether oxygens (including phenoxy) is 1. The highest BCUT2D eigenvalue weighted by atomic mass is 16.5. The van der Waals surface area contributed by atoms with Crippen molar-refractivity contribution in [3.05, 3.63) is 36.3 Å². The number of benzene rings is 1. The van der Waals surface area contributed by atoms with Gasteiger partial charge in [0.15, 0.2) is 0 Å². The van der Waals surface area contributed by atoms with E-state index >= 15 is 0 Å². The number of rotatable bonds is 2. The third kappa shape index (κ3) is 2.20. The first-order valence-electron chi connectivity index (χ1n) is 7.61. The van der Waals surface area contributed by atoms with Gasteiger partial charge in [-0.05, 0) is 31.7 Å². The third-order valence-corrected chi connectivity index (χ3v) is 4.45. The van der Waals surface area contributed by atoms with E-state index in [1.54, 1.807) is 0 Å². The molecule has 0 radical (unpaired) electrons. The average molecular weight is 281 g/mol. The van der Waals surface area contributed by atoms with Crippen LogP contribution < -0.4 is 0 Å². The van der Waals surface area contributed by atoms with Crippen molar-refractivity contribution in [1.29, 1.82) is 0 Å². The zero-order valence-corrected chi connectivity index (χ0v) is 12.2. The number of aryl methyl sites for hydroxylation is 1. The second-order valence-corrected chi connectivity index (χ2v) is 5.83. The summed E-state index contributed by atoms with van der Waals surface area (Å²) in [5.74, 6) is 1.76. The lowest BCUT2D eigenvalue weighted by atomic mass is 10.00. The van der Waals surface area contributed by atoms with E-state index in [1.807, 2.05) is 12.3 Å². The van der Waals surface area contributed by atoms with Gasteiger partial charge in [0.1, 0.15) is 11.3 Å². The molecule has 1 aliphatic heterocycles. The third-order valence-electron chi connectivity index (χ3n) is 4.45. The lowest BCUT2D eigenvalue weighted by molar-refractivity contribution is 0.0614. The van der Waals surface area contributed by atoms with Crippen LogP contribution >= 0.6 is 0 Å². The van der Waals surface area contributed by atoms with Gasteiger partial charge in [0.05, 0.1) is 17.2 Å². The monoisotopic (exact) mass is 281 g/mol. The minimum absolute atomic E-state index is 0.682. The highest BCUT2D eigenvalue weighted by molar-refractivity contribution is 6.02. The normalized spacial score (nSPS) is 16.8. The maximum absolute atomic E-state index is 5.47. The Hall–Kier alpha value is -1.94. The topological polar surface area (TPSA) is 39.9 Å². The number of nitrogens with zero attached hydrogens (tertiary/aromatic N) is 3. The summed E-state index contributed by atoms with van der Waals surface area (Å²) < 4.78 is 7.84. The second kappa shape index (κ2) is 5.11. The standard InChI is InChI=1S/C17H19N3O/c1-12-19-16-10-18-15-5-3-2-4-14(15)17(16)20(12)11-13-6-8-21-9-7-13/h2-5,10,13H,6-9,11H2,1H3. The predicted octanol–water partition coefficient (Wildman–Crippen LogP) is 3.32. The average Bonchev–Trinajstić information content (AvgIpc) is 2.85. The van der Waals surface area contributed by atoms with Gasteiger partial charge in [-0.25, -0.2) is 4.98 Å². The van der Waals surface area contributed by atoms with Gasteiger partial charge >= 0.3 is 0 Å². The quantitative estimate of drug-likeness (QED) is 0.723. The summed E-state index contributed by atoms with van der Waals surface area (Å²) in [6.45, 7) is 4.89. The molecule has 1 aromatic carbocycles. The van der Waals surface area contributed by atoms with Crippen molar-refractivity contribution in [2.45, 2.75) is 26.3 Å².